The number of nitrogens with zero attached hydrogens (tertiary/aromatic N) is 2. The molecule has 0 spiro atoms. The van der Waals surface area contributed by atoms with E-state index in [1.165, 1.54) is 0 Å². The topological polar surface area (TPSA) is 84.3 Å². The van der Waals surface area contributed by atoms with E-state index in [1.807, 2.05) is 31.2 Å². The number of carboxylic acid groups (broad SMARTS) is 1. The van der Waals surface area contributed by atoms with E-state index in [4.69, 9.17) is 4.74 Å². The number of ether oxygens (including phenoxy) is 1. The van der Waals surface area contributed by atoms with Crippen LogP contribution >= 0.6 is 11.3 Å². The summed E-state index contributed by atoms with van der Waals surface area (Å²) in [6.07, 6.45) is 0. The second kappa shape index (κ2) is 6.45. The number of hydrogen-bond donors (Lipinski definition) is 2. The number of para-hydroxylation sites is 2. The van der Waals surface area contributed by atoms with Crippen LogP contribution < -0.4 is 10.1 Å². The highest BCUT2D eigenvalue weighted by atomic mass is 32.1. The SMILES string of the molecule is CCOc1ccccc1Nc1nc(C)nc2sc(C(=O)O)c(C)c12. The van der Waals surface area contributed by atoms with Crippen LogP contribution in [-0.2, 0) is 0 Å². The zero-order valence-electron chi connectivity index (χ0n) is 13.6. The van der Waals surface area contributed by atoms with E-state index >= 15 is 0 Å². The number of thiophene rings is 1. The molecule has 0 aliphatic rings. The lowest BCUT2D eigenvalue weighted by Crippen LogP contribution is -2.01. The number of aromatic nitrogens is 2. The third kappa shape index (κ3) is 2.90. The summed E-state index contributed by atoms with van der Waals surface area (Å²) in [7, 11) is 0. The average Bonchev–Trinajstić information content (AvgIpc) is 2.86. The molecule has 0 aliphatic heterocycles. The Balaban J connectivity index is 2.14. The molecular weight excluding hydrogens is 326 g/mol. The van der Waals surface area contributed by atoms with Gasteiger partial charge in [0.15, 0.2) is 0 Å². The second-order valence-corrected chi connectivity index (χ2v) is 6.21. The van der Waals surface area contributed by atoms with Crippen LogP contribution in [0.2, 0.25) is 0 Å². The van der Waals surface area contributed by atoms with Gasteiger partial charge >= 0.3 is 5.97 Å². The summed E-state index contributed by atoms with van der Waals surface area (Å²) in [4.78, 5) is 21.2. The summed E-state index contributed by atoms with van der Waals surface area (Å²) in [6.45, 7) is 6.04. The maximum absolute atomic E-state index is 11.4. The Hall–Kier alpha value is -2.67. The molecule has 0 bridgehead atoms. The molecule has 24 heavy (non-hydrogen) atoms. The van der Waals surface area contributed by atoms with Crippen LogP contribution in [0.25, 0.3) is 10.2 Å². The maximum Gasteiger partial charge on any atom is 0.346 e. The number of aryl methyl sites for hydroxylation is 2. The lowest BCUT2D eigenvalue weighted by atomic mass is 10.2. The van der Waals surface area contributed by atoms with Gasteiger partial charge in [-0.25, -0.2) is 14.8 Å². The molecule has 2 aromatic heterocycles. The first kappa shape index (κ1) is 16.2. The van der Waals surface area contributed by atoms with Crippen molar-refractivity contribution in [1.82, 2.24) is 9.97 Å². The Morgan fingerprint density at radius 1 is 1.29 bits per heavy atom. The summed E-state index contributed by atoms with van der Waals surface area (Å²) in [5.74, 6) is 0.938. The largest absolute Gasteiger partial charge is 0.492 e. The first-order valence-electron chi connectivity index (χ1n) is 7.51. The molecule has 0 saturated carbocycles. The van der Waals surface area contributed by atoms with Gasteiger partial charge in [0.2, 0.25) is 0 Å². The van der Waals surface area contributed by atoms with Crippen LogP contribution in [0.4, 0.5) is 11.5 Å². The van der Waals surface area contributed by atoms with Crippen molar-refractivity contribution in [3.05, 3.63) is 40.5 Å². The molecule has 7 heteroatoms. The van der Waals surface area contributed by atoms with E-state index in [0.29, 0.717) is 28.6 Å². The van der Waals surface area contributed by atoms with Gasteiger partial charge in [0.25, 0.3) is 0 Å². The molecule has 3 aromatic rings. The molecule has 0 unspecified atom stereocenters. The summed E-state index contributed by atoms with van der Waals surface area (Å²) < 4.78 is 5.63. The van der Waals surface area contributed by atoms with Gasteiger partial charge in [0, 0.05) is 0 Å². The number of carbonyl (C=O) groups is 1. The van der Waals surface area contributed by atoms with E-state index in [2.05, 4.69) is 15.3 Å². The van der Waals surface area contributed by atoms with Crippen LogP contribution in [-0.4, -0.2) is 27.7 Å². The van der Waals surface area contributed by atoms with Gasteiger partial charge in [-0.3, -0.25) is 0 Å². The molecule has 0 radical (unpaired) electrons. The van der Waals surface area contributed by atoms with E-state index in [-0.39, 0.29) is 4.88 Å². The highest BCUT2D eigenvalue weighted by Crippen LogP contribution is 2.36. The highest BCUT2D eigenvalue weighted by molar-refractivity contribution is 7.20. The van der Waals surface area contributed by atoms with Gasteiger partial charge in [0.1, 0.15) is 27.1 Å². The van der Waals surface area contributed by atoms with Crippen LogP contribution in [0.5, 0.6) is 5.75 Å². The van der Waals surface area contributed by atoms with Gasteiger partial charge in [0.05, 0.1) is 17.7 Å². The van der Waals surface area contributed by atoms with Gasteiger partial charge in [-0.1, -0.05) is 12.1 Å². The maximum atomic E-state index is 11.4. The lowest BCUT2D eigenvalue weighted by Gasteiger charge is -2.13. The molecule has 0 amide bonds. The Bertz CT molecular complexity index is 921. The van der Waals surface area contributed by atoms with Crippen molar-refractivity contribution in [3.8, 4) is 5.75 Å². The Morgan fingerprint density at radius 3 is 2.75 bits per heavy atom. The van der Waals surface area contributed by atoms with Gasteiger partial charge in [-0.2, -0.15) is 0 Å². The van der Waals surface area contributed by atoms with Crippen molar-refractivity contribution in [2.45, 2.75) is 20.8 Å². The number of rotatable bonds is 5. The van der Waals surface area contributed by atoms with Crippen LogP contribution in [0.3, 0.4) is 0 Å². The van der Waals surface area contributed by atoms with Crippen molar-refractivity contribution in [2.75, 3.05) is 11.9 Å². The third-order valence-electron chi connectivity index (χ3n) is 3.54. The smallest absolute Gasteiger partial charge is 0.346 e. The standard InChI is InChI=1S/C17H17N3O3S/c1-4-23-12-8-6-5-7-11(12)20-15-13-9(2)14(17(21)22)24-16(13)19-10(3)18-15/h5-8H,4H2,1-3H3,(H,21,22)(H,18,19,20). The first-order valence-corrected chi connectivity index (χ1v) is 8.32. The molecule has 0 aliphatic carbocycles. The molecule has 2 N–H and O–H groups in total. The van der Waals surface area contributed by atoms with Crippen LogP contribution in [0.1, 0.15) is 28.0 Å². The van der Waals surface area contributed by atoms with Gasteiger partial charge < -0.3 is 15.2 Å². The molecule has 0 fully saturated rings. The van der Waals surface area contributed by atoms with Crippen LogP contribution in [0.15, 0.2) is 24.3 Å². The Morgan fingerprint density at radius 2 is 2.04 bits per heavy atom. The fraction of sp³-hybridized carbons (Fsp3) is 0.235. The molecule has 6 nitrogen and oxygen atoms in total. The lowest BCUT2D eigenvalue weighted by molar-refractivity contribution is 0.0701. The van der Waals surface area contributed by atoms with Crippen molar-refractivity contribution in [1.29, 1.82) is 0 Å². The quantitative estimate of drug-likeness (QED) is 0.724. The summed E-state index contributed by atoms with van der Waals surface area (Å²) in [6, 6.07) is 7.57. The molecule has 2 heterocycles. The predicted octanol–water partition coefficient (Wildman–Crippen LogP) is 4.15. The van der Waals surface area contributed by atoms with E-state index in [1.54, 1.807) is 13.8 Å². The van der Waals surface area contributed by atoms with Crippen LogP contribution in [0, 0.1) is 13.8 Å². The minimum absolute atomic E-state index is 0.283. The average molecular weight is 343 g/mol. The molecule has 0 saturated heterocycles. The van der Waals surface area contributed by atoms with Crippen molar-refractivity contribution in [2.24, 2.45) is 0 Å². The van der Waals surface area contributed by atoms with Gasteiger partial charge in [-0.15, -0.1) is 11.3 Å². The molecule has 0 atom stereocenters. The van der Waals surface area contributed by atoms with Gasteiger partial charge in [-0.05, 0) is 38.5 Å². The molecule has 3 rings (SSSR count). The minimum Gasteiger partial charge on any atom is -0.492 e. The number of benzene rings is 1. The van der Waals surface area contributed by atoms with Crippen molar-refractivity contribution >= 4 is 39.0 Å². The van der Waals surface area contributed by atoms with E-state index in [0.717, 1.165) is 28.2 Å². The van der Waals surface area contributed by atoms with Crippen molar-refractivity contribution < 1.29 is 14.6 Å². The summed E-state index contributed by atoms with van der Waals surface area (Å²) >= 11 is 1.16. The molecule has 1 aromatic carbocycles. The Labute approximate surface area is 143 Å². The zero-order valence-corrected chi connectivity index (χ0v) is 14.4. The predicted molar refractivity (Wildman–Crippen MR) is 94.7 cm³/mol. The monoisotopic (exact) mass is 343 g/mol. The zero-order chi connectivity index (χ0) is 17.3. The molecule has 124 valence electrons. The second-order valence-electron chi connectivity index (χ2n) is 5.22. The normalized spacial score (nSPS) is 10.8. The fourth-order valence-corrected chi connectivity index (χ4v) is 3.58. The summed E-state index contributed by atoms with van der Waals surface area (Å²) in [5.41, 5.74) is 1.44. The number of carboxylic acids is 1. The minimum atomic E-state index is -0.950. The van der Waals surface area contributed by atoms with E-state index in [9.17, 15) is 9.90 Å². The number of fused-ring (bicyclic) bond motifs is 1. The number of hydrogen-bond acceptors (Lipinski definition) is 6. The third-order valence-corrected chi connectivity index (χ3v) is 4.71. The fourth-order valence-electron chi connectivity index (χ4n) is 2.52. The van der Waals surface area contributed by atoms with E-state index < -0.39 is 5.97 Å². The highest BCUT2D eigenvalue weighted by Gasteiger charge is 2.20. The van der Waals surface area contributed by atoms with Crippen molar-refractivity contribution in [3.63, 3.8) is 0 Å². The number of aromatic carboxylic acids is 1. The number of anilines is 2. The Kier molecular flexibility index (Phi) is 4.35. The number of nitrogens with one attached hydrogen (secondary N) is 1. The first-order chi connectivity index (χ1) is 11.5. The summed E-state index contributed by atoms with van der Waals surface area (Å²) in [5, 5.41) is 13.4. The molecular formula is C17H17N3O3S.